The van der Waals surface area contributed by atoms with Gasteiger partial charge < -0.3 is 10.2 Å². The SMILES string of the molecule is CC(CCC(=O)O)[C@@H]1CC[C@H]2[C@@H]3C(=O)C[C@H]4CC(O)CC[C@@]4(C)[C@@H]3CC[C@@]12C. The standard InChI is InChI=1S/C24H38O4/c1-14(4-7-21(27)28)17-5-6-18-22-19(9-11-24(17,18)3)23(2)10-8-16(25)12-15(23)13-20(22)26/h14-19,22,25H,4-13H2,1-3H3,(H,27,28)/t14?,15-,16?,17+,18+,19-,22+,23-,24+/m1/s1. The van der Waals surface area contributed by atoms with Crippen molar-refractivity contribution in [1.82, 2.24) is 0 Å². The number of hydrogen-bond acceptors (Lipinski definition) is 3. The zero-order chi connectivity index (χ0) is 20.3. The Morgan fingerprint density at radius 1 is 1.11 bits per heavy atom. The number of aliphatic carboxylic acids is 1. The summed E-state index contributed by atoms with van der Waals surface area (Å²) in [7, 11) is 0. The number of Topliss-reactive ketones (excluding diaryl/α,β-unsaturated/α-hetero) is 1. The molecule has 0 aromatic carbocycles. The lowest BCUT2D eigenvalue weighted by Crippen LogP contribution is -2.57. The van der Waals surface area contributed by atoms with Crippen molar-refractivity contribution in [3.63, 3.8) is 0 Å². The molecular weight excluding hydrogens is 352 g/mol. The molecule has 4 aliphatic rings. The minimum absolute atomic E-state index is 0.187. The van der Waals surface area contributed by atoms with Crippen LogP contribution in [0, 0.1) is 46.3 Å². The van der Waals surface area contributed by atoms with Crippen LogP contribution in [0.4, 0.5) is 0 Å². The summed E-state index contributed by atoms with van der Waals surface area (Å²) in [5.41, 5.74) is 0.401. The molecule has 4 aliphatic carbocycles. The molecule has 4 fully saturated rings. The van der Waals surface area contributed by atoms with E-state index in [1.54, 1.807) is 0 Å². The van der Waals surface area contributed by atoms with E-state index >= 15 is 0 Å². The van der Waals surface area contributed by atoms with E-state index in [-0.39, 0.29) is 29.3 Å². The van der Waals surface area contributed by atoms with Gasteiger partial charge in [0.1, 0.15) is 5.78 Å². The fourth-order valence-electron chi connectivity index (χ4n) is 8.44. The molecule has 0 aromatic rings. The third-order valence-corrected chi connectivity index (χ3v) is 10.0. The average molecular weight is 391 g/mol. The zero-order valence-corrected chi connectivity index (χ0v) is 17.8. The molecule has 0 bridgehead atoms. The number of carbonyl (C=O) groups is 2. The van der Waals surface area contributed by atoms with Gasteiger partial charge in [0.05, 0.1) is 6.10 Å². The van der Waals surface area contributed by atoms with Crippen molar-refractivity contribution in [2.24, 2.45) is 46.3 Å². The number of carbonyl (C=O) groups excluding carboxylic acids is 1. The summed E-state index contributed by atoms with van der Waals surface area (Å²) < 4.78 is 0. The quantitative estimate of drug-likeness (QED) is 0.730. The van der Waals surface area contributed by atoms with Crippen LogP contribution in [0.5, 0.6) is 0 Å². The predicted octanol–water partition coefficient (Wildman–Crippen LogP) is 4.69. The number of rotatable bonds is 4. The first kappa shape index (κ1) is 20.4. The van der Waals surface area contributed by atoms with E-state index in [1.165, 1.54) is 6.42 Å². The van der Waals surface area contributed by atoms with E-state index in [0.29, 0.717) is 41.8 Å². The third kappa shape index (κ3) is 3.05. The number of carboxylic acid groups (broad SMARTS) is 1. The highest BCUT2D eigenvalue weighted by atomic mass is 16.4. The monoisotopic (exact) mass is 390 g/mol. The Balaban J connectivity index is 1.56. The van der Waals surface area contributed by atoms with E-state index < -0.39 is 5.97 Å². The first-order chi connectivity index (χ1) is 13.2. The Kier molecular flexibility index (Phi) is 5.17. The molecule has 2 N–H and O–H groups in total. The van der Waals surface area contributed by atoms with Crippen LogP contribution >= 0.6 is 0 Å². The molecule has 0 spiro atoms. The largest absolute Gasteiger partial charge is 0.481 e. The molecule has 4 nitrogen and oxygen atoms in total. The Morgan fingerprint density at radius 2 is 1.79 bits per heavy atom. The molecule has 9 atom stereocenters. The Bertz CT molecular complexity index is 645. The van der Waals surface area contributed by atoms with Gasteiger partial charge in [-0.2, -0.15) is 0 Å². The summed E-state index contributed by atoms with van der Waals surface area (Å²) in [5.74, 6) is 2.25. The maximum Gasteiger partial charge on any atom is 0.303 e. The van der Waals surface area contributed by atoms with Gasteiger partial charge in [-0.15, -0.1) is 0 Å². The van der Waals surface area contributed by atoms with E-state index in [4.69, 9.17) is 5.11 Å². The van der Waals surface area contributed by atoms with Crippen LogP contribution in [0.15, 0.2) is 0 Å². The molecule has 0 aromatic heterocycles. The van der Waals surface area contributed by atoms with E-state index in [0.717, 1.165) is 44.9 Å². The van der Waals surface area contributed by atoms with Crippen LogP contribution in [-0.4, -0.2) is 28.1 Å². The van der Waals surface area contributed by atoms with Crippen molar-refractivity contribution in [3.8, 4) is 0 Å². The topological polar surface area (TPSA) is 74.6 Å². The Hall–Kier alpha value is -0.900. The fourth-order valence-corrected chi connectivity index (χ4v) is 8.44. The van der Waals surface area contributed by atoms with Crippen molar-refractivity contribution in [3.05, 3.63) is 0 Å². The molecule has 158 valence electrons. The van der Waals surface area contributed by atoms with Gasteiger partial charge in [0.25, 0.3) is 0 Å². The Labute approximate surface area is 169 Å². The smallest absolute Gasteiger partial charge is 0.303 e. The van der Waals surface area contributed by atoms with Crippen LogP contribution in [0.2, 0.25) is 0 Å². The second-order valence-electron chi connectivity index (χ2n) is 11.2. The lowest BCUT2D eigenvalue weighted by atomic mass is 9.44. The van der Waals surface area contributed by atoms with Crippen LogP contribution in [0.3, 0.4) is 0 Å². The summed E-state index contributed by atoms with van der Waals surface area (Å²) in [6.07, 6.45) is 8.81. The van der Waals surface area contributed by atoms with Gasteiger partial charge in [-0.05, 0) is 91.8 Å². The van der Waals surface area contributed by atoms with Gasteiger partial charge >= 0.3 is 5.97 Å². The van der Waals surface area contributed by atoms with Crippen LogP contribution in [-0.2, 0) is 9.59 Å². The number of aliphatic hydroxyl groups excluding tert-OH is 1. The third-order valence-electron chi connectivity index (χ3n) is 10.0. The number of hydrogen-bond donors (Lipinski definition) is 2. The normalized spacial score (nSPS) is 49.1. The fraction of sp³-hybridized carbons (Fsp3) is 0.917. The van der Waals surface area contributed by atoms with Gasteiger partial charge in [0.2, 0.25) is 0 Å². The molecule has 0 heterocycles. The molecule has 0 amide bonds. The van der Waals surface area contributed by atoms with Gasteiger partial charge in [-0.3, -0.25) is 9.59 Å². The lowest BCUT2D eigenvalue weighted by molar-refractivity contribution is -0.160. The molecular formula is C24H38O4. The summed E-state index contributed by atoms with van der Waals surface area (Å²) in [6.45, 7) is 7.06. The number of aliphatic hydroxyl groups is 1. The van der Waals surface area contributed by atoms with Crippen molar-refractivity contribution in [1.29, 1.82) is 0 Å². The Morgan fingerprint density at radius 3 is 2.50 bits per heavy atom. The van der Waals surface area contributed by atoms with Crippen molar-refractivity contribution in [2.75, 3.05) is 0 Å². The maximum atomic E-state index is 13.3. The summed E-state index contributed by atoms with van der Waals surface area (Å²) >= 11 is 0. The second kappa shape index (κ2) is 7.11. The second-order valence-corrected chi connectivity index (χ2v) is 11.2. The summed E-state index contributed by atoms with van der Waals surface area (Å²) in [6, 6.07) is 0. The number of ketones is 1. The van der Waals surface area contributed by atoms with Gasteiger partial charge in [-0.1, -0.05) is 20.8 Å². The average Bonchev–Trinajstić information content (AvgIpc) is 2.98. The summed E-state index contributed by atoms with van der Waals surface area (Å²) in [4.78, 5) is 24.4. The zero-order valence-electron chi connectivity index (χ0n) is 17.8. The van der Waals surface area contributed by atoms with Crippen LogP contribution < -0.4 is 0 Å². The molecule has 0 radical (unpaired) electrons. The molecule has 28 heavy (non-hydrogen) atoms. The van der Waals surface area contributed by atoms with Crippen molar-refractivity contribution < 1.29 is 19.8 Å². The van der Waals surface area contributed by atoms with Crippen molar-refractivity contribution in [2.45, 2.75) is 91.1 Å². The van der Waals surface area contributed by atoms with E-state index in [9.17, 15) is 14.7 Å². The van der Waals surface area contributed by atoms with E-state index in [1.807, 2.05) is 0 Å². The maximum absolute atomic E-state index is 13.3. The van der Waals surface area contributed by atoms with Gasteiger partial charge in [-0.25, -0.2) is 0 Å². The number of fused-ring (bicyclic) bond motifs is 5. The van der Waals surface area contributed by atoms with E-state index in [2.05, 4.69) is 20.8 Å². The molecule has 4 rings (SSSR count). The van der Waals surface area contributed by atoms with Crippen molar-refractivity contribution >= 4 is 11.8 Å². The summed E-state index contributed by atoms with van der Waals surface area (Å²) in [5, 5.41) is 19.3. The lowest BCUT2D eigenvalue weighted by Gasteiger charge is -2.60. The molecule has 0 saturated heterocycles. The highest BCUT2D eigenvalue weighted by molar-refractivity contribution is 5.83. The molecule has 2 unspecified atom stereocenters. The molecule has 0 aliphatic heterocycles. The number of carboxylic acids is 1. The molecule has 4 heteroatoms. The highest BCUT2D eigenvalue weighted by Gasteiger charge is 2.62. The first-order valence-electron chi connectivity index (χ1n) is 11.6. The highest BCUT2D eigenvalue weighted by Crippen LogP contribution is 2.67. The van der Waals surface area contributed by atoms with Gasteiger partial charge in [0.15, 0.2) is 0 Å². The molecule has 4 saturated carbocycles. The minimum atomic E-state index is -0.698. The first-order valence-corrected chi connectivity index (χ1v) is 11.6. The minimum Gasteiger partial charge on any atom is -0.481 e. The predicted molar refractivity (Wildman–Crippen MR) is 108 cm³/mol. The van der Waals surface area contributed by atoms with Crippen LogP contribution in [0.25, 0.3) is 0 Å². The van der Waals surface area contributed by atoms with Gasteiger partial charge in [0, 0.05) is 18.8 Å². The van der Waals surface area contributed by atoms with Crippen LogP contribution in [0.1, 0.15) is 85.0 Å².